The third kappa shape index (κ3) is 4.72. The first-order chi connectivity index (χ1) is 11.1. The van der Waals surface area contributed by atoms with Crippen LogP contribution in [0.25, 0.3) is 0 Å². The summed E-state index contributed by atoms with van der Waals surface area (Å²) in [6.45, 7) is 1.12. The van der Waals surface area contributed by atoms with E-state index in [0.717, 1.165) is 29.7 Å². The summed E-state index contributed by atoms with van der Waals surface area (Å²) in [6.07, 6.45) is 7.71. The number of carbonyl (C=O) groups excluding carboxylic acids is 1. The largest absolute Gasteiger partial charge is 0.402 e. The van der Waals surface area contributed by atoms with Crippen molar-refractivity contribution in [2.45, 2.75) is 19.4 Å². The second-order valence-corrected chi connectivity index (χ2v) is 5.47. The monoisotopic (exact) mass is 312 g/mol. The van der Waals surface area contributed by atoms with Crippen molar-refractivity contribution in [3.63, 3.8) is 0 Å². The van der Waals surface area contributed by atoms with Gasteiger partial charge in [-0.15, -0.1) is 0 Å². The number of nitrogens with one attached hydrogen (secondary N) is 2. The standard InChI is InChI=1S/C18H24N4O/c1-21-18(23)15-4-2-3-13(9-15)11-22-12-16(10-19)14-5-7-17(20)8-6-14/h2-5,7,9,12,22H,6,8,10-11,19-20H2,1H3,(H,21,23)/b16-12+. The van der Waals surface area contributed by atoms with Crippen LogP contribution in [0.15, 0.2) is 59.5 Å². The molecule has 0 atom stereocenters. The second kappa shape index (κ2) is 8.19. The minimum absolute atomic E-state index is 0.0817. The first-order valence-corrected chi connectivity index (χ1v) is 7.73. The van der Waals surface area contributed by atoms with Crippen molar-refractivity contribution in [1.82, 2.24) is 10.6 Å². The van der Waals surface area contributed by atoms with Crippen LogP contribution in [0.4, 0.5) is 0 Å². The first kappa shape index (κ1) is 16.8. The molecule has 0 saturated heterocycles. The molecule has 1 aliphatic carbocycles. The van der Waals surface area contributed by atoms with Gasteiger partial charge < -0.3 is 22.1 Å². The molecule has 0 bridgehead atoms. The lowest BCUT2D eigenvalue weighted by Crippen LogP contribution is -2.18. The van der Waals surface area contributed by atoms with Gasteiger partial charge >= 0.3 is 0 Å². The molecule has 1 amide bonds. The molecule has 0 heterocycles. The number of rotatable bonds is 6. The molecule has 5 nitrogen and oxygen atoms in total. The molecule has 1 aromatic rings. The Morgan fingerprint density at radius 2 is 2.13 bits per heavy atom. The smallest absolute Gasteiger partial charge is 0.251 e. The van der Waals surface area contributed by atoms with E-state index in [4.69, 9.17) is 11.5 Å². The summed E-state index contributed by atoms with van der Waals surface area (Å²) in [6, 6.07) is 7.54. The molecule has 0 aromatic heterocycles. The van der Waals surface area contributed by atoms with Crippen molar-refractivity contribution in [1.29, 1.82) is 0 Å². The zero-order chi connectivity index (χ0) is 16.7. The van der Waals surface area contributed by atoms with Crippen LogP contribution in [0.3, 0.4) is 0 Å². The van der Waals surface area contributed by atoms with Crippen molar-refractivity contribution < 1.29 is 4.79 Å². The Morgan fingerprint density at radius 1 is 1.30 bits per heavy atom. The lowest BCUT2D eigenvalue weighted by Gasteiger charge is -2.15. The number of allylic oxidation sites excluding steroid dienone is 3. The molecule has 2 rings (SSSR count). The SMILES string of the molecule is CNC(=O)c1cccc(CN/C=C(\CN)C2=CC=C(N)CC2)c1. The van der Waals surface area contributed by atoms with E-state index in [9.17, 15) is 4.79 Å². The van der Waals surface area contributed by atoms with E-state index >= 15 is 0 Å². The van der Waals surface area contributed by atoms with E-state index in [1.54, 1.807) is 13.1 Å². The van der Waals surface area contributed by atoms with Gasteiger partial charge in [0.25, 0.3) is 5.91 Å². The summed E-state index contributed by atoms with van der Waals surface area (Å²) in [7, 11) is 1.63. The summed E-state index contributed by atoms with van der Waals surface area (Å²) >= 11 is 0. The van der Waals surface area contributed by atoms with Crippen molar-refractivity contribution in [2.24, 2.45) is 11.5 Å². The lowest BCUT2D eigenvalue weighted by atomic mass is 9.96. The van der Waals surface area contributed by atoms with Gasteiger partial charge in [0, 0.05) is 37.6 Å². The molecular formula is C18H24N4O. The zero-order valence-electron chi connectivity index (χ0n) is 13.4. The van der Waals surface area contributed by atoms with E-state index in [1.807, 2.05) is 36.6 Å². The van der Waals surface area contributed by atoms with Crippen LogP contribution in [-0.4, -0.2) is 19.5 Å². The molecule has 23 heavy (non-hydrogen) atoms. The highest BCUT2D eigenvalue weighted by Gasteiger charge is 2.08. The fourth-order valence-corrected chi connectivity index (χ4v) is 2.46. The highest BCUT2D eigenvalue weighted by molar-refractivity contribution is 5.94. The summed E-state index contributed by atoms with van der Waals surface area (Å²) in [5.41, 5.74) is 16.5. The Hall–Kier alpha value is -2.53. The van der Waals surface area contributed by atoms with E-state index in [2.05, 4.69) is 10.6 Å². The average molecular weight is 312 g/mol. The summed E-state index contributed by atoms with van der Waals surface area (Å²) in [4.78, 5) is 11.6. The number of hydrogen-bond acceptors (Lipinski definition) is 4. The highest BCUT2D eigenvalue weighted by Crippen LogP contribution is 2.21. The van der Waals surface area contributed by atoms with Crippen LogP contribution in [0.5, 0.6) is 0 Å². The third-order valence-corrected chi connectivity index (χ3v) is 3.81. The average Bonchev–Trinajstić information content (AvgIpc) is 2.59. The highest BCUT2D eigenvalue weighted by atomic mass is 16.1. The minimum atomic E-state index is -0.0817. The maximum absolute atomic E-state index is 11.6. The molecule has 6 N–H and O–H groups in total. The van der Waals surface area contributed by atoms with Crippen LogP contribution in [0, 0.1) is 0 Å². The van der Waals surface area contributed by atoms with Crippen LogP contribution in [-0.2, 0) is 6.54 Å². The van der Waals surface area contributed by atoms with Gasteiger partial charge in [0.05, 0.1) is 0 Å². The lowest BCUT2D eigenvalue weighted by molar-refractivity contribution is 0.0963. The van der Waals surface area contributed by atoms with Gasteiger partial charge in [-0.25, -0.2) is 0 Å². The summed E-state index contributed by atoms with van der Waals surface area (Å²) < 4.78 is 0. The van der Waals surface area contributed by atoms with Crippen molar-refractivity contribution in [2.75, 3.05) is 13.6 Å². The molecule has 0 fully saturated rings. The van der Waals surface area contributed by atoms with Gasteiger partial charge in [-0.1, -0.05) is 18.2 Å². The Morgan fingerprint density at radius 3 is 2.78 bits per heavy atom. The second-order valence-electron chi connectivity index (χ2n) is 5.47. The number of hydrogen-bond donors (Lipinski definition) is 4. The van der Waals surface area contributed by atoms with E-state index in [-0.39, 0.29) is 5.91 Å². The van der Waals surface area contributed by atoms with Gasteiger partial charge in [-0.3, -0.25) is 4.79 Å². The number of nitrogens with two attached hydrogens (primary N) is 2. The molecule has 122 valence electrons. The molecule has 0 saturated carbocycles. The van der Waals surface area contributed by atoms with Gasteiger partial charge in [-0.05, 0) is 47.8 Å². The van der Waals surface area contributed by atoms with Gasteiger partial charge in [0.2, 0.25) is 0 Å². The van der Waals surface area contributed by atoms with Crippen molar-refractivity contribution in [3.8, 4) is 0 Å². The molecule has 0 spiro atoms. The van der Waals surface area contributed by atoms with Gasteiger partial charge in [0.1, 0.15) is 0 Å². The fourth-order valence-electron chi connectivity index (χ4n) is 2.46. The molecule has 0 unspecified atom stereocenters. The Bertz CT molecular complexity index is 659. The Balaban J connectivity index is 2.01. The predicted octanol–water partition coefficient (Wildman–Crippen LogP) is 1.54. The van der Waals surface area contributed by atoms with E-state index < -0.39 is 0 Å². The number of amides is 1. The van der Waals surface area contributed by atoms with Crippen LogP contribution in [0.1, 0.15) is 28.8 Å². The predicted molar refractivity (Wildman–Crippen MR) is 93.4 cm³/mol. The Labute approximate surface area is 137 Å². The van der Waals surface area contributed by atoms with E-state index in [1.165, 1.54) is 5.57 Å². The molecular weight excluding hydrogens is 288 g/mol. The topological polar surface area (TPSA) is 93.2 Å². The number of carbonyl (C=O) groups is 1. The quantitative estimate of drug-likeness (QED) is 0.641. The molecule has 0 radical (unpaired) electrons. The van der Waals surface area contributed by atoms with Crippen LogP contribution >= 0.6 is 0 Å². The maximum Gasteiger partial charge on any atom is 0.251 e. The van der Waals surface area contributed by atoms with E-state index in [0.29, 0.717) is 18.7 Å². The zero-order valence-corrected chi connectivity index (χ0v) is 13.4. The maximum atomic E-state index is 11.6. The first-order valence-electron chi connectivity index (χ1n) is 7.73. The van der Waals surface area contributed by atoms with Crippen LogP contribution < -0.4 is 22.1 Å². The summed E-state index contributed by atoms with van der Waals surface area (Å²) in [5.74, 6) is -0.0817. The van der Waals surface area contributed by atoms with Crippen molar-refractivity contribution in [3.05, 3.63) is 70.6 Å². The Kier molecular flexibility index (Phi) is 6.00. The summed E-state index contributed by atoms with van der Waals surface area (Å²) in [5, 5.41) is 5.91. The van der Waals surface area contributed by atoms with Gasteiger partial charge in [0.15, 0.2) is 0 Å². The normalized spacial score (nSPS) is 14.8. The van der Waals surface area contributed by atoms with Gasteiger partial charge in [-0.2, -0.15) is 0 Å². The molecule has 1 aliphatic rings. The van der Waals surface area contributed by atoms with Crippen LogP contribution in [0.2, 0.25) is 0 Å². The molecule has 5 heteroatoms. The third-order valence-electron chi connectivity index (χ3n) is 3.81. The van der Waals surface area contributed by atoms with Crippen molar-refractivity contribution >= 4 is 5.91 Å². The fraction of sp³-hybridized carbons (Fsp3) is 0.278. The number of benzene rings is 1. The molecule has 1 aromatic carbocycles. The minimum Gasteiger partial charge on any atom is -0.402 e. The molecule has 0 aliphatic heterocycles.